The average Bonchev–Trinajstić information content (AvgIpc) is 2.79. The molecule has 2 rings (SSSR count). The molecule has 0 spiro atoms. The van der Waals surface area contributed by atoms with E-state index in [9.17, 15) is 0 Å². The monoisotopic (exact) mass is 430 g/mol. The van der Waals surface area contributed by atoms with Gasteiger partial charge in [0.05, 0.1) is 0 Å². The van der Waals surface area contributed by atoms with Gasteiger partial charge in [-0.2, -0.15) is 0 Å². The van der Waals surface area contributed by atoms with Gasteiger partial charge in [-0.1, -0.05) is 37.3 Å². The lowest BCUT2D eigenvalue weighted by atomic mass is 10.1. The van der Waals surface area contributed by atoms with E-state index in [0.29, 0.717) is 6.04 Å². The van der Waals surface area contributed by atoms with Crippen LogP contribution in [0.3, 0.4) is 0 Å². The minimum atomic E-state index is 0.517. The Bertz CT molecular complexity index is 597. The molecule has 0 radical (unpaired) electrons. The van der Waals surface area contributed by atoms with Gasteiger partial charge in [-0.05, 0) is 58.8 Å². The van der Waals surface area contributed by atoms with Gasteiger partial charge in [0.1, 0.15) is 0 Å². The molecule has 2 N–H and O–H groups in total. The summed E-state index contributed by atoms with van der Waals surface area (Å²) in [5.74, 6) is 0.956. The zero-order valence-electron chi connectivity index (χ0n) is 20.4. The number of hydrogen-bond donors (Lipinski definition) is 2. The molecule has 1 heterocycles. The van der Waals surface area contributed by atoms with Crippen molar-refractivity contribution in [2.45, 2.75) is 52.6 Å². The molecule has 0 amide bonds. The number of unbranched alkanes of at least 4 members (excludes halogenated alkanes) is 1. The SMILES string of the molecule is CCNC(=NCCCCN1CCN(CC)CC1)NCCC(C)N(C)Cc1ccccc1. The second-order valence-electron chi connectivity index (χ2n) is 8.71. The van der Waals surface area contributed by atoms with Crippen molar-refractivity contribution in [2.24, 2.45) is 4.99 Å². The van der Waals surface area contributed by atoms with E-state index in [1.54, 1.807) is 0 Å². The van der Waals surface area contributed by atoms with Crippen molar-refractivity contribution in [3.63, 3.8) is 0 Å². The van der Waals surface area contributed by atoms with Gasteiger partial charge in [-0.25, -0.2) is 0 Å². The van der Waals surface area contributed by atoms with Crippen LogP contribution < -0.4 is 10.6 Å². The number of likely N-dealkylation sites (N-methyl/N-ethyl adjacent to an activating group) is 1. The largest absolute Gasteiger partial charge is 0.357 e. The van der Waals surface area contributed by atoms with Crippen molar-refractivity contribution < 1.29 is 0 Å². The van der Waals surface area contributed by atoms with Crippen LogP contribution in [0.4, 0.5) is 0 Å². The van der Waals surface area contributed by atoms with Crippen LogP contribution in [0.15, 0.2) is 35.3 Å². The summed E-state index contributed by atoms with van der Waals surface area (Å²) in [5.41, 5.74) is 1.37. The molecule has 0 aliphatic carbocycles. The minimum absolute atomic E-state index is 0.517. The van der Waals surface area contributed by atoms with E-state index in [2.05, 4.69) is 83.5 Å². The summed E-state index contributed by atoms with van der Waals surface area (Å²) < 4.78 is 0. The van der Waals surface area contributed by atoms with Crippen molar-refractivity contribution in [3.05, 3.63) is 35.9 Å². The summed E-state index contributed by atoms with van der Waals surface area (Å²) in [7, 11) is 2.21. The maximum atomic E-state index is 4.78. The summed E-state index contributed by atoms with van der Waals surface area (Å²) in [6.07, 6.45) is 3.48. The van der Waals surface area contributed by atoms with Gasteiger partial charge in [0.15, 0.2) is 5.96 Å². The third-order valence-electron chi connectivity index (χ3n) is 6.29. The highest BCUT2D eigenvalue weighted by Gasteiger charge is 2.14. The molecule has 176 valence electrons. The molecule has 1 aromatic carbocycles. The first-order valence-electron chi connectivity index (χ1n) is 12.3. The van der Waals surface area contributed by atoms with Gasteiger partial charge in [-0.15, -0.1) is 0 Å². The lowest BCUT2D eigenvalue weighted by Crippen LogP contribution is -2.46. The van der Waals surface area contributed by atoms with Crippen LogP contribution in [0, 0.1) is 0 Å². The number of hydrogen-bond acceptors (Lipinski definition) is 4. The Labute approximate surface area is 191 Å². The maximum absolute atomic E-state index is 4.78. The third kappa shape index (κ3) is 10.5. The first kappa shape index (κ1) is 25.6. The normalized spacial score (nSPS) is 17.1. The molecule has 1 unspecified atom stereocenters. The van der Waals surface area contributed by atoms with E-state index in [1.807, 2.05) is 0 Å². The van der Waals surface area contributed by atoms with E-state index in [0.717, 1.165) is 45.0 Å². The summed E-state index contributed by atoms with van der Waals surface area (Å²) >= 11 is 0. The molecule has 6 heteroatoms. The summed E-state index contributed by atoms with van der Waals surface area (Å²) in [6, 6.07) is 11.2. The average molecular weight is 431 g/mol. The van der Waals surface area contributed by atoms with Crippen molar-refractivity contribution in [1.29, 1.82) is 0 Å². The Morgan fingerprint density at radius 1 is 1.03 bits per heavy atom. The quantitative estimate of drug-likeness (QED) is 0.286. The van der Waals surface area contributed by atoms with Crippen LogP contribution in [0.25, 0.3) is 0 Å². The molecule has 1 atom stereocenters. The number of guanidine groups is 1. The highest BCUT2D eigenvalue weighted by molar-refractivity contribution is 5.79. The van der Waals surface area contributed by atoms with Crippen LogP contribution in [0.1, 0.15) is 45.6 Å². The van der Waals surface area contributed by atoms with Gasteiger partial charge in [0.2, 0.25) is 0 Å². The molecule has 0 aromatic heterocycles. The van der Waals surface area contributed by atoms with Gasteiger partial charge in [-0.3, -0.25) is 9.89 Å². The lowest BCUT2D eigenvalue weighted by Gasteiger charge is -2.33. The van der Waals surface area contributed by atoms with E-state index < -0.39 is 0 Å². The Hall–Kier alpha value is -1.63. The van der Waals surface area contributed by atoms with Gasteiger partial charge in [0, 0.05) is 58.4 Å². The predicted octanol–water partition coefficient (Wildman–Crippen LogP) is 2.87. The number of aliphatic imine (C=N–C) groups is 1. The molecule has 31 heavy (non-hydrogen) atoms. The number of nitrogens with one attached hydrogen (secondary N) is 2. The molecular weight excluding hydrogens is 384 g/mol. The Kier molecular flexibility index (Phi) is 12.6. The molecule has 1 aliphatic rings. The van der Waals surface area contributed by atoms with Crippen molar-refractivity contribution in [3.8, 4) is 0 Å². The van der Waals surface area contributed by atoms with Gasteiger partial charge in [0.25, 0.3) is 0 Å². The fraction of sp³-hybridized carbons (Fsp3) is 0.720. The number of nitrogens with zero attached hydrogens (tertiary/aromatic N) is 4. The van der Waals surface area contributed by atoms with Crippen LogP contribution in [0.2, 0.25) is 0 Å². The first-order valence-corrected chi connectivity index (χ1v) is 12.3. The summed E-state index contributed by atoms with van der Waals surface area (Å²) in [6.45, 7) is 17.7. The van der Waals surface area contributed by atoms with Gasteiger partial charge < -0.3 is 20.4 Å². The lowest BCUT2D eigenvalue weighted by molar-refractivity contribution is 0.136. The molecule has 0 bridgehead atoms. The van der Waals surface area contributed by atoms with Crippen LogP contribution in [0.5, 0.6) is 0 Å². The van der Waals surface area contributed by atoms with Crippen molar-refractivity contribution >= 4 is 5.96 Å². The molecule has 1 aliphatic heterocycles. The summed E-state index contributed by atoms with van der Waals surface area (Å²) in [4.78, 5) is 12.3. The second kappa shape index (κ2) is 15.2. The van der Waals surface area contributed by atoms with E-state index in [4.69, 9.17) is 4.99 Å². The molecular formula is C25H46N6. The highest BCUT2D eigenvalue weighted by atomic mass is 15.3. The summed E-state index contributed by atoms with van der Waals surface area (Å²) in [5, 5.41) is 6.90. The Morgan fingerprint density at radius 2 is 1.74 bits per heavy atom. The fourth-order valence-corrected chi connectivity index (χ4v) is 3.96. The number of benzene rings is 1. The smallest absolute Gasteiger partial charge is 0.191 e. The third-order valence-corrected chi connectivity index (χ3v) is 6.29. The zero-order chi connectivity index (χ0) is 22.3. The number of piperazine rings is 1. The van der Waals surface area contributed by atoms with E-state index >= 15 is 0 Å². The molecule has 1 aromatic rings. The Balaban J connectivity index is 1.60. The highest BCUT2D eigenvalue weighted by Crippen LogP contribution is 2.08. The Morgan fingerprint density at radius 3 is 2.42 bits per heavy atom. The predicted molar refractivity (Wildman–Crippen MR) is 134 cm³/mol. The topological polar surface area (TPSA) is 46.1 Å². The standard InChI is InChI=1S/C25H46N6/c1-5-26-25(27-15-10-11-17-31-20-18-30(6-2)19-21-31)28-16-14-23(3)29(4)22-24-12-8-7-9-13-24/h7-9,12-13,23H,5-6,10-11,14-22H2,1-4H3,(H2,26,27,28). The van der Waals surface area contributed by atoms with Gasteiger partial charge >= 0.3 is 0 Å². The van der Waals surface area contributed by atoms with Crippen LogP contribution >= 0.6 is 0 Å². The molecule has 1 saturated heterocycles. The van der Waals surface area contributed by atoms with Crippen LogP contribution in [-0.2, 0) is 6.54 Å². The van der Waals surface area contributed by atoms with Crippen molar-refractivity contribution in [2.75, 3.05) is 66.0 Å². The van der Waals surface area contributed by atoms with Crippen LogP contribution in [-0.4, -0.2) is 92.7 Å². The molecule has 0 saturated carbocycles. The fourth-order valence-electron chi connectivity index (χ4n) is 3.96. The first-order chi connectivity index (χ1) is 15.1. The molecule has 1 fully saturated rings. The van der Waals surface area contributed by atoms with Crippen molar-refractivity contribution in [1.82, 2.24) is 25.3 Å². The van der Waals surface area contributed by atoms with E-state index in [1.165, 1.54) is 51.3 Å². The number of rotatable bonds is 13. The van der Waals surface area contributed by atoms with E-state index in [-0.39, 0.29) is 0 Å². The minimum Gasteiger partial charge on any atom is -0.357 e. The zero-order valence-corrected chi connectivity index (χ0v) is 20.4. The molecule has 6 nitrogen and oxygen atoms in total. The maximum Gasteiger partial charge on any atom is 0.191 e. The second-order valence-corrected chi connectivity index (χ2v) is 8.71.